The number of hydrogen-bond donors (Lipinski definition) is 1. The highest BCUT2D eigenvalue weighted by atomic mass is 32.2. The highest BCUT2D eigenvalue weighted by molar-refractivity contribution is 7.90. The van der Waals surface area contributed by atoms with E-state index in [-0.39, 0.29) is 38.1 Å². The van der Waals surface area contributed by atoms with Crippen LogP contribution in [0.4, 0.5) is 0 Å². The maximum absolute atomic E-state index is 12.7. The van der Waals surface area contributed by atoms with Crippen LogP contribution in [0, 0.1) is 0 Å². The molecule has 0 saturated carbocycles. The van der Waals surface area contributed by atoms with Crippen molar-refractivity contribution in [1.29, 1.82) is 0 Å². The van der Waals surface area contributed by atoms with E-state index in [0.29, 0.717) is 0 Å². The van der Waals surface area contributed by atoms with Gasteiger partial charge in [0.1, 0.15) is 5.58 Å². The van der Waals surface area contributed by atoms with Gasteiger partial charge in [0.05, 0.1) is 28.3 Å². The number of carboxylic acid groups (broad SMARTS) is 1. The van der Waals surface area contributed by atoms with Crippen molar-refractivity contribution in [2.75, 3.05) is 13.4 Å². The molecule has 0 bridgehead atoms. The van der Waals surface area contributed by atoms with E-state index in [9.17, 15) is 18.0 Å². The van der Waals surface area contributed by atoms with Crippen molar-refractivity contribution in [3.05, 3.63) is 46.1 Å². The summed E-state index contributed by atoms with van der Waals surface area (Å²) >= 11 is 0. The van der Waals surface area contributed by atoms with E-state index >= 15 is 0 Å². The van der Waals surface area contributed by atoms with Crippen molar-refractivity contribution in [3.8, 4) is 5.75 Å². The number of aromatic carboxylic acids is 1. The Hall–Kier alpha value is -2.87. The van der Waals surface area contributed by atoms with Gasteiger partial charge in [0.2, 0.25) is 5.43 Å². The number of carbonyl (C=O) groups is 1. The number of methoxy groups -OCH3 is 1. The summed E-state index contributed by atoms with van der Waals surface area (Å²) in [5, 5.41) is 9.10. The van der Waals surface area contributed by atoms with Gasteiger partial charge >= 0.3 is 5.97 Å². The predicted octanol–water partition coefficient (Wildman–Crippen LogP) is 2.06. The number of sulfone groups is 1. The molecular weight excluding hydrogens is 336 g/mol. The maximum Gasteiger partial charge on any atom is 0.335 e. The molecule has 3 rings (SSSR count). The molecule has 0 fully saturated rings. The summed E-state index contributed by atoms with van der Waals surface area (Å²) < 4.78 is 34.4. The van der Waals surface area contributed by atoms with Gasteiger partial charge in [-0.25, -0.2) is 13.2 Å². The molecule has 24 heavy (non-hydrogen) atoms. The van der Waals surface area contributed by atoms with E-state index in [1.807, 2.05) is 0 Å². The van der Waals surface area contributed by atoms with Crippen LogP contribution >= 0.6 is 0 Å². The van der Waals surface area contributed by atoms with Crippen LogP contribution in [-0.2, 0) is 9.84 Å². The molecule has 0 saturated heterocycles. The molecule has 2 aromatic carbocycles. The second kappa shape index (κ2) is 5.34. The minimum absolute atomic E-state index is 0.00446. The summed E-state index contributed by atoms with van der Waals surface area (Å²) in [6.45, 7) is 0. The Balaban J connectivity index is 2.51. The third kappa shape index (κ3) is 2.50. The summed E-state index contributed by atoms with van der Waals surface area (Å²) in [5.41, 5.74) is -0.313. The molecule has 0 aliphatic heterocycles. The number of ether oxygens (including phenoxy) is 1. The van der Waals surface area contributed by atoms with Crippen LogP contribution in [-0.4, -0.2) is 32.9 Å². The molecule has 124 valence electrons. The van der Waals surface area contributed by atoms with Gasteiger partial charge in [0.15, 0.2) is 21.2 Å². The average Bonchev–Trinajstić information content (AvgIpc) is 2.53. The lowest BCUT2D eigenvalue weighted by Gasteiger charge is -2.09. The van der Waals surface area contributed by atoms with Crippen LogP contribution in [0.3, 0.4) is 0 Å². The van der Waals surface area contributed by atoms with Crippen molar-refractivity contribution in [1.82, 2.24) is 0 Å². The quantitative estimate of drug-likeness (QED) is 0.721. The van der Waals surface area contributed by atoms with Crippen molar-refractivity contribution in [2.45, 2.75) is 4.90 Å². The minimum atomic E-state index is -3.57. The smallest absolute Gasteiger partial charge is 0.335 e. The van der Waals surface area contributed by atoms with E-state index in [2.05, 4.69) is 0 Å². The van der Waals surface area contributed by atoms with Crippen LogP contribution in [0.2, 0.25) is 0 Å². The van der Waals surface area contributed by atoms with Crippen molar-refractivity contribution >= 4 is 37.7 Å². The first-order chi connectivity index (χ1) is 11.2. The Kier molecular flexibility index (Phi) is 3.56. The highest BCUT2D eigenvalue weighted by Gasteiger charge is 2.18. The third-order valence-corrected chi connectivity index (χ3v) is 4.70. The molecule has 8 heteroatoms. The van der Waals surface area contributed by atoms with Gasteiger partial charge in [0.25, 0.3) is 0 Å². The Labute approximate surface area is 136 Å². The van der Waals surface area contributed by atoms with E-state index in [1.54, 1.807) is 0 Å². The van der Waals surface area contributed by atoms with Crippen molar-refractivity contribution in [2.24, 2.45) is 0 Å². The molecule has 7 nitrogen and oxygen atoms in total. The molecule has 0 amide bonds. The number of hydrogen-bond acceptors (Lipinski definition) is 6. The van der Waals surface area contributed by atoms with E-state index in [0.717, 1.165) is 6.26 Å². The van der Waals surface area contributed by atoms with E-state index < -0.39 is 21.2 Å². The molecule has 0 spiro atoms. The minimum Gasteiger partial charge on any atom is -0.493 e. The van der Waals surface area contributed by atoms with Gasteiger partial charge < -0.3 is 14.3 Å². The molecule has 0 atom stereocenters. The molecule has 0 unspecified atom stereocenters. The van der Waals surface area contributed by atoms with Crippen molar-refractivity contribution in [3.63, 3.8) is 0 Å². The summed E-state index contributed by atoms with van der Waals surface area (Å²) in [6.07, 6.45) is 1.01. The monoisotopic (exact) mass is 348 g/mol. The summed E-state index contributed by atoms with van der Waals surface area (Å²) in [5.74, 6) is -1.08. The molecule has 0 aliphatic carbocycles. The molecule has 1 aromatic heterocycles. The number of fused-ring (bicyclic) bond motifs is 2. The first-order valence-corrected chi connectivity index (χ1v) is 8.63. The van der Waals surface area contributed by atoms with Gasteiger partial charge in [-0.3, -0.25) is 4.79 Å². The third-order valence-electron chi connectivity index (χ3n) is 3.60. The fraction of sp³-hybridized carbons (Fsp3) is 0.125. The van der Waals surface area contributed by atoms with Gasteiger partial charge in [-0.1, -0.05) is 0 Å². The zero-order valence-electron chi connectivity index (χ0n) is 12.7. The van der Waals surface area contributed by atoms with Gasteiger partial charge in [-0.15, -0.1) is 0 Å². The fourth-order valence-electron chi connectivity index (χ4n) is 2.40. The largest absolute Gasteiger partial charge is 0.493 e. The van der Waals surface area contributed by atoms with Crippen LogP contribution in [0.1, 0.15) is 10.4 Å². The Bertz CT molecular complexity index is 1160. The average molecular weight is 348 g/mol. The fourth-order valence-corrected chi connectivity index (χ4v) is 3.05. The van der Waals surface area contributed by atoms with Crippen LogP contribution in [0.15, 0.2) is 44.4 Å². The Morgan fingerprint density at radius 1 is 1.17 bits per heavy atom. The first-order valence-electron chi connectivity index (χ1n) is 6.74. The van der Waals surface area contributed by atoms with Gasteiger partial charge in [-0.05, 0) is 24.3 Å². The molecule has 1 N–H and O–H groups in total. The van der Waals surface area contributed by atoms with Crippen LogP contribution in [0.25, 0.3) is 21.9 Å². The lowest BCUT2D eigenvalue weighted by molar-refractivity contribution is 0.0697. The molecule has 0 radical (unpaired) electrons. The normalized spacial score (nSPS) is 11.8. The predicted molar refractivity (Wildman–Crippen MR) is 86.6 cm³/mol. The lowest BCUT2D eigenvalue weighted by Crippen LogP contribution is -2.07. The molecular formula is C16H12O7S. The highest BCUT2D eigenvalue weighted by Crippen LogP contribution is 2.30. The second-order valence-electron chi connectivity index (χ2n) is 5.22. The topological polar surface area (TPSA) is 111 Å². The van der Waals surface area contributed by atoms with E-state index in [4.69, 9.17) is 14.3 Å². The first kappa shape index (κ1) is 16.0. The molecule has 0 aliphatic rings. The Morgan fingerprint density at radius 2 is 1.88 bits per heavy atom. The maximum atomic E-state index is 12.7. The van der Waals surface area contributed by atoms with Crippen molar-refractivity contribution < 1.29 is 27.5 Å². The van der Waals surface area contributed by atoms with Gasteiger partial charge in [-0.2, -0.15) is 0 Å². The number of rotatable bonds is 3. The zero-order chi connectivity index (χ0) is 17.6. The number of carboxylic acids is 1. The number of benzene rings is 2. The van der Waals surface area contributed by atoms with Gasteiger partial charge in [0, 0.05) is 12.3 Å². The summed E-state index contributed by atoms with van der Waals surface area (Å²) in [7, 11) is -2.24. The molecule has 3 aromatic rings. The van der Waals surface area contributed by atoms with E-state index in [1.165, 1.54) is 37.4 Å². The van der Waals surface area contributed by atoms with Crippen LogP contribution < -0.4 is 10.2 Å². The van der Waals surface area contributed by atoms with Crippen LogP contribution in [0.5, 0.6) is 5.75 Å². The summed E-state index contributed by atoms with van der Waals surface area (Å²) in [4.78, 5) is 23.7. The Morgan fingerprint density at radius 3 is 2.46 bits per heavy atom. The lowest BCUT2D eigenvalue weighted by atomic mass is 10.1. The second-order valence-corrected chi connectivity index (χ2v) is 7.24. The standard InChI is InChI=1S/C16H12O7S/c1-22-13-7-9(24(2,20)21)6-11-14(17)10-5-8(16(18)19)3-4-12(10)23-15(11)13/h3-7H,1-2H3,(H,18,19). The molecule has 1 heterocycles. The summed E-state index contributed by atoms with van der Waals surface area (Å²) in [6, 6.07) is 6.37. The zero-order valence-corrected chi connectivity index (χ0v) is 13.5. The SMILES string of the molecule is COc1cc(S(C)(=O)=O)cc2c(=O)c3cc(C(=O)O)ccc3oc12.